The summed E-state index contributed by atoms with van der Waals surface area (Å²) in [6.45, 7) is 5.17. The number of para-hydroxylation sites is 1. The number of esters is 1. The molecule has 2 amide bonds. The van der Waals surface area contributed by atoms with Crippen molar-refractivity contribution in [3.8, 4) is 5.75 Å². The summed E-state index contributed by atoms with van der Waals surface area (Å²) in [7, 11) is 1.37. The number of halogens is 1. The van der Waals surface area contributed by atoms with Crippen LogP contribution in [0, 0.1) is 0 Å². The highest BCUT2D eigenvalue weighted by atomic mass is 79.9. The first-order chi connectivity index (χ1) is 16.0. The highest BCUT2D eigenvalue weighted by Crippen LogP contribution is 2.39. The summed E-state index contributed by atoms with van der Waals surface area (Å²) in [4.78, 5) is 52.0. The van der Waals surface area contributed by atoms with Gasteiger partial charge in [0.25, 0.3) is 11.8 Å². The number of benzene rings is 2. The Hall–Kier alpha value is -3.72. The lowest BCUT2D eigenvalue weighted by Gasteiger charge is -2.20. The third-order valence-electron chi connectivity index (χ3n) is 5.09. The molecule has 8 nitrogen and oxygen atoms in total. The van der Waals surface area contributed by atoms with Crippen LogP contribution >= 0.6 is 15.9 Å². The molecule has 0 N–H and O–H groups in total. The van der Waals surface area contributed by atoms with E-state index >= 15 is 0 Å². The molecule has 1 aliphatic heterocycles. The normalized spacial score (nSPS) is 14.2. The molecule has 1 aliphatic rings. The molecule has 1 aromatic heterocycles. The number of nitrogens with zero attached hydrogens (tertiary/aromatic N) is 2. The van der Waals surface area contributed by atoms with Gasteiger partial charge in [-0.15, -0.1) is 0 Å². The number of hydrogen-bond acceptors (Lipinski definition) is 6. The summed E-state index contributed by atoms with van der Waals surface area (Å²) in [5.41, 5.74) is 0.194. The van der Waals surface area contributed by atoms with Gasteiger partial charge in [0.2, 0.25) is 0 Å². The van der Waals surface area contributed by atoms with Crippen molar-refractivity contribution in [3.63, 3.8) is 0 Å². The fraction of sp³-hybridized carbons (Fsp3) is 0.200. The van der Waals surface area contributed by atoms with E-state index in [0.29, 0.717) is 16.5 Å². The number of likely N-dealkylation sites (N-methyl/N-ethyl adjacent to an activating group) is 1. The van der Waals surface area contributed by atoms with Crippen LogP contribution in [-0.2, 0) is 14.3 Å². The van der Waals surface area contributed by atoms with E-state index in [1.54, 1.807) is 69.3 Å². The minimum Gasteiger partial charge on any atom is -0.443 e. The third-order valence-corrected chi connectivity index (χ3v) is 5.83. The van der Waals surface area contributed by atoms with Crippen molar-refractivity contribution in [1.82, 2.24) is 9.47 Å². The number of fused-ring (bicyclic) bond motifs is 1. The van der Waals surface area contributed by atoms with Crippen LogP contribution in [0.25, 0.3) is 16.5 Å². The van der Waals surface area contributed by atoms with Gasteiger partial charge in [-0.1, -0.05) is 30.3 Å². The summed E-state index contributed by atoms with van der Waals surface area (Å²) in [5.74, 6) is -1.53. The van der Waals surface area contributed by atoms with Crippen molar-refractivity contribution in [2.75, 3.05) is 7.05 Å². The fourth-order valence-corrected chi connectivity index (χ4v) is 4.21. The van der Waals surface area contributed by atoms with E-state index in [1.807, 2.05) is 0 Å². The highest BCUT2D eigenvalue weighted by molar-refractivity contribution is 9.12. The van der Waals surface area contributed by atoms with Crippen LogP contribution < -0.4 is 4.74 Å². The van der Waals surface area contributed by atoms with Gasteiger partial charge in [-0.2, -0.15) is 0 Å². The average molecular weight is 525 g/mol. The topological polar surface area (TPSA) is 94.9 Å². The average Bonchev–Trinajstić information content (AvgIpc) is 3.25. The Morgan fingerprint density at radius 2 is 1.62 bits per heavy atom. The summed E-state index contributed by atoms with van der Waals surface area (Å²) in [6, 6.07) is 13.3. The molecule has 0 unspecified atom stereocenters. The maximum absolute atomic E-state index is 13.1. The zero-order valence-corrected chi connectivity index (χ0v) is 20.5. The largest absolute Gasteiger partial charge is 0.443 e. The number of carbonyl (C=O) groups excluding carboxylic acids is 4. The summed E-state index contributed by atoms with van der Waals surface area (Å²) in [5, 5.41) is 0.438. The van der Waals surface area contributed by atoms with E-state index in [4.69, 9.17) is 9.47 Å². The van der Waals surface area contributed by atoms with Gasteiger partial charge >= 0.3 is 12.1 Å². The van der Waals surface area contributed by atoms with E-state index in [9.17, 15) is 19.2 Å². The Morgan fingerprint density at radius 3 is 2.21 bits per heavy atom. The van der Waals surface area contributed by atoms with Gasteiger partial charge in [0.1, 0.15) is 11.1 Å². The second-order valence-corrected chi connectivity index (χ2v) is 9.45. The van der Waals surface area contributed by atoms with E-state index in [-0.39, 0.29) is 21.3 Å². The van der Waals surface area contributed by atoms with Gasteiger partial charge in [-0.3, -0.25) is 14.5 Å². The van der Waals surface area contributed by atoms with Crippen molar-refractivity contribution < 1.29 is 28.7 Å². The fourth-order valence-electron chi connectivity index (χ4n) is 3.56. The molecule has 174 valence electrons. The monoisotopic (exact) mass is 524 g/mol. The van der Waals surface area contributed by atoms with Crippen molar-refractivity contribution in [2.45, 2.75) is 26.4 Å². The Bertz CT molecular complexity index is 1380. The van der Waals surface area contributed by atoms with Gasteiger partial charge in [0, 0.05) is 24.2 Å². The number of rotatable bonds is 3. The Morgan fingerprint density at radius 1 is 0.941 bits per heavy atom. The van der Waals surface area contributed by atoms with Crippen LogP contribution in [0.5, 0.6) is 5.75 Å². The maximum Gasteiger partial charge on any atom is 0.419 e. The van der Waals surface area contributed by atoms with Gasteiger partial charge < -0.3 is 9.47 Å². The van der Waals surface area contributed by atoms with Crippen molar-refractivity contribution in [3.05, 3.63) is 70.3 Å². The van der Waals surface area contributed by atoms with E-state index < -0.39 is 29.5 Å². The number of ether oxygens (including phenoxy) is 2. The van der Waals surface area contributed by atoms with E-state index in [1.165, 1.54) is 17.8 Å². The lowest BCUT2D eigenvalue weighted by atomic mass is 10.1. The zero-order valence-electron chi connectivity index (χ0n) is 18.9. The SMILES string of the molecule is CN1C(=O)C(Br)=C(c2cn(C(=O)OC(C)(C)C)c3c(OC(=O)c4ccccc4)cccc23)C1=O. The molecule has 4 rings (SSSR count). The van der Waals surface area contributed by atoms with Crippen molar-refractivity contribution in [2.24, 2.45) is 0 Å². The predicted octanol–water partition coefficient (Wildman–Crippen LogP) is 4.75. The molecular weight excluding hydrogens is 504 g/mol. The Kier molecular flexibility index (Phi) is 5.91. The van der Waals surface area contributed by atoms with Crippen LogP contribution in [0.2, 0.25) is 0 Å². The van der Waals surface area contributed by atoms with Gasteiger partial charge in [-0.25, -0.2) is 14.2 Å². The number of carbonyl (C=O) groups is 4. The molecular formula is C25H21BrN2O6. The van der Waals surface area contributed by atoms with Crippen molar-refractivity contribution >= 4 is 56.3 Å². The van der Waals surface area contributed by atoms with Crippen LogP contribution in [0.4, 0.5) is 4.79 Å². The molecule has 0 aliphatic carbocycles. The lowest BCUT2D eigenvalue weighted by molar-refractivity contribution is -0.134. The molecule has 0 atom stereocenters. The smallest absolute Gasteiger partial charge is 0.419 e. The molecule has 2 heterocycles. The van der Waals surface area contributed by atoms with Crippen LogP contribution in [0.3, 0.4) is 0 Å². The standard InChI is InChI=1S/C25H21BrN2O6/c1-25(2,3)34-24(32)28-13-16(18-19(26)22(30)27(4)21(18)29)15-11-8-12-17(20(15)28)33-23(31)14-9-6-5-7-10-14/h5-13H,1-4H3. The molecule has 34 heavy (non-hydrogen) atoms. The molecule has 2 aromatic carbocycles. The van der Waals surface area contributed by atoms with E-state index in [2.05, 4.69) is 15.9 Å². The van der Waals surface area contributed by atoms with Gasteiger partial charge in [0.15, 0.2) is 5.75 Å². The molecule has 0 saturated heterocycles. The molecule has 0 saturated carbocycles. The van der Waals surface area contributed by atoms with Crippen LogP contribution in [0.1, 0.15) is 36.7 Å². The molecule has 9 heteroatoms. The lowest BCUT2D eigenvalue weighted by Crippen LogP contribution is -2.27. The molecule has 0 fully saturated rings. The number of aromatic nitrogens is 1. The van der Waals surface area contributed by atoms with E-state index in [0.717, 1.165) is 4.90 Å². The quantitative estimate of drug-likeness (QED) is 0.278. The number of amides is 2. The molecule has 3 aromatic rings. The first-order valence-corrected chi connectivity index (χ1v) is 11.2. The number of imide groups is 1. The second kappa shape index (κ2) is 8.57. The highest BCUT2D eigenvalue weighted by Gasteiger charge is 2.37. The molecule has 0 spiro atoms. The first kappa shape index (κ1) is 23.4. The van der Waals surface area contributed by atoms with Crippen LogP contribution in [0.15, 0.2) is 59.2 Å². The summed E-state index contributed by atoms with van der Waals surface area (Å²) < 4.78 is 12.5. The summed E-state index contributed by atoms with van der Waals surface area (Å²) >= 11 is 3.21. The first-order valence-electron chi connectivity index (χ1n) is 10.4. The summed E-state index contributed by atoms with van der Waals surface area (Å²) in [6.07, 6.45) is 0.688. The van der Waals surface area contributed by atoms with Crippen LogP contribution in [-0.4, -0.2) is 46.0 Å². The Labute approximate surface area is 203 Å². The minimum absolute atomic E-state index is 0.0786. The molecule has 0 radical (unpaired) electrons. The Balaban J connectivity index is 1.92. The van der Waals surface area contributed by atoms with Gasteiger partial charge in [-0.05, 0) is 54.9 Å². The van der Waals surface area contributed by atoms with Gasteiger partial charge in [0.05, 0.1) is 15.6 Å². The maximum atomic E-state index is 13.1. The third kappa shape index (κ3) is 4.14. The second-order valence-electron chi connectivity index (χ2n) is 8.66. The zero-order chi connectivity index (χ0) is 24.8. The number of hydrogen-bond donors (Lipinski definition) is 0. The molecule has 0 bridgehead atoms. The van der Waals surface area contributed by atoms with Crippen molar-refractivity contribution in [1.29, 1.82) is 0 Å². The predicted molar refractivity (Wildman–Crippen MR) is 129 cm³/mol. The minimum atomic E-state index is -0.803.